The summed E-state index contributed by atoms with van der Waals surface area (Å²) >= 11 is 0. The van der Waals surface area contributed by atoms with Crippen molar-refractivity contribution in [2.75, 3.05) is 18.1 Å². The third-order valence-corrected chi connectivity index (χ3v) is 3.42. The Bertz CT molecular complexity index is 494. The molecule has 1 saturated heterocycles. The number of carbonyl (C=O) groups is 2. The fourth-order valence-corrected chi connectivity index (χ4v) is 2.10. The van der Waals surface area contributed by atoms with Crippen LogP contribution in [0.2, 0.25) is 0 Å². The maximum atomic E-state index is 11.5. The molecule has 0 radical (unpaired) electrons. The Balaban J connectivity index is 1.58. The van der Waals surface area contributed by atoms with Gasteiger partial charge in [-0.3, -0.25) is 9.69 Å². The summed E-state index contributed by atoms with van der Waals surface area (Å²) in [5, 5.41) is 2.91. The fraction of sp³-hybridized carbons (Fsp3) is 0.429. The van der Waals surface area contributed by atoms with Crippen molar-refractivity contribution in [2.24, 2.45) is 5.92 Å². The molecule has 0 bridgehead atoms. The van der Waals surface area contributed by atoms with E-state index < -0.39 is 0 Å². The van der Waals surface area contributed by atoms with E-state index in [1.807, 2.05) is 24.3 Å². The van der Waals surface area contributed by atoms with Crippen molar-refractivity contribution in [3.63, 3.8) is 0 Å². The van der Waals surface area contributed by atoms with Gasteiger partial charge in [-0.2, -0.15) is 0 Å². The molecule has 1 aromatic carbocycles. The number of ether oxygens (including phenoxy) is 1. The summed E-state index contributed by atoms with van der Waals surface area (Å²) in [7, 11) is 0. The summed E-state index contributed by atoms with van der Waals surface area (Å²) in [5.41, 5.74) is 1.87. The van der Waals surface area contributed by atoms with Crippen LogP contribution < -0.4 is 10.2 Å². The number of hydrogen-bond donors (Lipinski definition) is 1. The number of nitrogens with one attached hydrogen (secondary N) is 1. The number of hydrogen-bond acceptors (Lipinski definition) is 3. The molecular formula is C14H16N2O3. The van der Waals surface area contributed by atoms with Gasteiger partial charge in [-0.1, -0.05) is 12.1 Å². The van der Waals surface area contributed by atoms with Crippen LogP contribution in [0.5, 0.6) is 0 Å². The van der Waals surface area contributed by atoms with Crippen molar-refractivity contribution in [2.45, 2.75) is 19.4 Å². The van der Waals surface area contributed by atoms with Gasteiger partial charge < -0.3 is 10.1 Å². The van der Waals surface area contributed by atoms with E-state index in [4.69, 9.17) is 4.74 Å². The lowest BCUT2D eigenvalue weighted by Gasteiger charge is -2.13. The van der Waals surface area contributed by atoms with Gasteiger partial charge in [0.05, 0.1) is 6.54 Å². The topological polar surface area (TPSA) is 58.6 Å². The molecule has 1 aliphatic heterocycles. The van der Waals surface area contributed by atoms with Crippen LogP contribution >= 0.6 is 0 Å². The van der Waals surface area contributed by atoms with Crippen LogP contribution in [0.1, 0.15) is 18.4 Å². The average Bonchev–Trinajstić information content (AvgIpc) is 3.19. The van der Waals surface area contributed by atoms with Crippen molar-refractivity contribution in [3.8, 4) is 0 Å². The third-order valence-electron chi connectivity index (χ3n) is 3.42. The molecule has 1 heterocycles. The third kappa shape index (κ3) is 2.70. The summed E-state index contributed by atoms with van der Waals surface area (Å²) in [4.78, 5) is 24.5. The molecule has 1 saturated carbocycles. The van der Waals surface area contributed by atoms with E-state index in [9.17, 15) is 9.59 Å². The Kier molecular flexibility index (Phi) is 3.11. The van der Waals surface area contributed by atoms with Gasteiger partial charge in [-0.15, -0.1) is 0 Å². The second kappa shape index (κ2) is 4.91. The molecule has 1 N–H and O–H groups in total. The lowest BCUT2D eigenvalue weighted by molar-refractivity contribution is -0.122. The largest absolute Gasteiger partial charge is 0.447 e. The fourth-order valence-electron chi connectivity index (χ4n) is 2.10. The summed E-state index contributed by atoms with van der Waals surface area (Å²) in [5.74, 6) is 0.380. The monoisotopic (exact) mass is 260 g/mol. The number of nitrogens with zero attached hydrogens (tertiary/aromatic N) is 1. The molecule has 0 unspecified atom stereocenters. The second-order valence-corrected chi connectivity index (χ2v) is 4.92. The molecule has 1 aromatic rings. The van der Waals surface area contributed by atoms with Crippen molar-refractivity contribution in [1.29, 1.82) is 0 Å². The van der Waals surface area contributed by atoms with E-state index >= 15 is 0 Å². The minimum atomic E-state index is -0.296. The molecule has 2 fully saturated rings. The molecule has 0 aromatic heterocycles. The number of amides is 2. The lowest BCUT2D eigenvalue weighted by atomic mass is 10.2. The minimum Gasteiger partial charge on any atom is -0.447 e. The lowest BCUT2D eigenvalue weighted by Crippen LogP contribution is -2.24. The van der Waals surface area contributed by atoms with Gasteiger partial charge in [0.1, 0.15) is 6.61 Å². The highest BCUT2D eigenvalue weighted by molar-refractivity contribution is 5.89. The van der Waals surface area contributed by atoms with Gasteiger partial charge >= 0.3 is 6.09 Å². The number of rotatable bonds is 4. The van der Waals surface area contributed by atoms with E-state index in [-0.39, 0.29) is 17.9 Å². The van der Waals surface area contributed by atoms with Crippen LogP contribution in [-0.4, -0.2) is 25.2 Å². The highest BCUT2D eigenvalue weighted by Gasteiger charge is 2.29. The first kappa shape index (κ1) is 12.0. The van der Waals surface area contributed by atoms with Crippen LogP contribution in [0.25, 0.3) is 0 Å². The SMILES string of the molecule is O=C(NCc1ccc(N2CCOC2=O)cc1)C1CC1. The normalized spacial score (nSPS) is 18.3. The number of benzene rings is 1. The second-order valence-electron chi connectivity index (χ2n) is 4.92. The zero-order valence-electron chi connectivity index (χ0n) is 10.6. The molecule has 3 rings (SSSR count). The Labute approximate surface area is 111 Å². The molecule has 2 amide bonds. The molecule has 2 aliphatic rings. The minimum absolute atomic E-state index is 0.146. The first-order valence-corrected chi connectivity index (χ1v) is 6.55. The first-order chi connectivity index (χ1) is 9.24. The number of cyclic esters (lactones) is 1. The molecular weight excluding hydrogens is 244 g/mol. The van der Waals surface area contributed by atoms with E-state index in [0.29, 0.717) is 19.7 Å². The van der Waals surface area contributed by atoms with Crippen molar-refractivity contribution in [1.82, 2.24) is 5.32 Å². The smallest absolute Gasteiger partial charge is 0.414 e. The Morgan fingerprint density at radius 2 is 2.05 bits per heavy atom. The van der Waals surface area contributed by atoms with E-state index in [0.717, 1.165) is 24.1 Å². The summed E-state index contributed by atoms with van der Waals surface area (Å²) in [6.07, 6.45) is 1.73. The standard InChI is InChI=1S/C14H16N2O3/c17-13(11-3-4-11)15-9-10-1-5-12(6-2-10)16-7-8-19-14(16)18/h1-2,5-6,11H,3-4,7-9H2,(H,15,17). The van der Waals surface area contributed by atoms with Crippen molar-refractivity contribution >= 4 is 17.7 Å². The maximum absolute atomic E-state index is 11.5. The zero-order valence-corrected chi connectivity index (χ0v) is 10.6. The van der Waals surface area contributed by atoms with Crippen LogP contribution in [0, 0.1) is 5.92 Å². The van der Waals surface area contributed by atoms with Gasteiger partial charge in [0, 0.05) is 18.2 Å². The molecule has 5 nitrogen and oxygen atoms in total. The van der Waals surface area contributed by atoms with E-state index in [1.54, 1.807) is 4.90 Å². The van der Waals surface area contributed by atoms with Gasteiger partial charge in [-0.05, 0) is 30.5 Å². The summed E-state index contributed by atoms with van der Waals surface area (Å²) < 4.78 is 4.89. The van der Waals surface area contributed by atoms with Gasteiger partial charge in [0.25, 0.3) is 0 Å². The molecule has 100 valence electrons. The highest BCUT2D eigenvalue weighted by atomic mass is 16.6. The molecule has 5 heteroatoms. The quantitative estimate of drug-likeness (QED) is 0.895. The van der Waals surface area contributed by atoms with Crippen LogP contribution in [0.15, 0.2) is 24.3 Å². The average molecular weight is 260 g/mol. The summed E-state index contributed by atoms with van der Waals surface area (Å²) in [6, 6.07) is 7.61. The van der Waals surface area contributed by atoms with E-state index in [1.165, 1.54) is 0 Å². The van der Waals surface area contributed by atoms with Crippen LogP contribution in [0.3, 0.4) is 0 Å². The Morgan fingerprint density at radius 1 is 1.32 bits per heavy atom. The highest BCUT2D eigenvalue weighted by Crippen LogP contribution is 2.28. The summed E-state index contributed by atoms with van der Waals surface area (Å²) in [6.45, 7) is 1.58. The predicted octanol–water partition coefficient (Wildman–Crippen LogP) is 1.67. The van der Waals surface area contributed by atoms with Crippen LogP contribution in [0.4, 0.5) is 10.5 Å². The maximum Gasteiger partial charge on any atom is 0.414 e. The van der Waals surface area contributed by atoms with Crippen molar-refractivity contribution < 1.29 is 14.3 Å². The molecule has 0 atom stereocenters. The van der Waals surface area contributed by atoms with Gasteiger partial charge in [0.15, 0.2) is 0 Å². The van der Waals surface area contributed by atoms with E-state index in [2.05, 4.69) is 5.32 Å². The molecule has 19 heavy (non-hydrogen) atoms. The zero-order chi connectivity index (χ0) is 13.2. The van der Waals surface area contributed by atoms with Crippen LogP contribution in [-0.2, 0) is 16.1 Å². The number of carbonyl (C=O) groups excluding carboxylic acids is 2. The number of anilines is 1. The van der Waals surface area contributed by atoms with Crippen molar-refractivity contribution in [3.05, 3.63) is 29.8 Å². The Morgan fingerprint density at radius 3 is 2.63 bits per heavy atom. The predicted molar refractivity (Wildman–Crippen MR) is 69.7 cm³/mol. The van der Waals surface area contributed by atoms with Gasteiger partial charge in [0.2, 0.25) is 5.91 Å². The molecule has 0 spiro atoms. The Hall–Kier alpha value is -2.04. The van der Waals surface area contributed by atoms with Gasteiger partial charge in [-0.25, -0.2) is 4.79 Å². The first-order valence-electron chi connectivity index (χ1n) is 6.55. The molecule has 1 aliphatic carbocycles.